The molecule has 1 N–H and O–H groups in total. The predicted octanol–water partition coefficient (Wildman–Crippen LogP) is 3.61. The van der Waals surface area contributed by atoms with Gasteiger partial charge in [0.1, 0.15) is 6.29 Å². The topological polar surface area (TPSA) is 68.4 Å². The number of H-pyrrole nitrogens is 1. The van der Waals surface area contributed by atoms with E-state index < -0.39 is 5.97 Å². The Kier molecular flexibility index (Phi) is 4.43. The van der Waals surface area contributed by atoms with Crippen molar-refractivity contribution in [2.75, 3.05) is 7.11 Å². The number of rotatable bonds is 5. The Balaban J connectivity index is 1.79. The molecular weight excluding hydrogens is 306 g/mol. The predicted molar refractivity (Wildman–Crippen MR) is 91.3 cm³/mol. The second-order valence-electron chi connectivity index (χ2n) is 5.07. The van der Waals surface area contributed by atoms with Crippen LogP contribution in [0.4, 0.5) is 0 Å². The van der Waals surface area contributed by atoms with Crippen LogP contribution in [0.3, 0.4) is 0 Å². The van der Waals surface area contributed by atoms with Gasteiger partial charge in [-0.2, -0.15) is 0 Å². The van der Waals surface area contributed by atoms with Gasteiger partial charge < -0.3 is 14.5 Å². The molecule has 2 aromatic carbocycles. The Labute approximate surface area is 138 Å². The zero-order chi connectivity index (χ0) is 16.9. The summed E-state index contributed by atoms with van der Waals surface area (Å²) >= 11 is 0. The lowest BCUT2D eigenvalue weighted by atomic mass is 10.1. The molecule has 5 heteroatoms. The molecule has 0 amide bonds. The number of hydrogen-bond donors (Lipinski definition) is 1. The molecule has 0 fully saturated rings. The van der Waals surface area contributed by atoms with Gasteiger partial charge in [0.15, 0.2) is 11.5 Å². The molecule has 0 saturated heterocycles. The lowest BCUT2D eigenvalue weighted by Crippen LogP contribution is -2.05. The number of carbonyl (C=O) groups excluding carboxylic acids is 2. The molecule has 0 aliphatic heterocycles. The van der Waals surface area contributed by atoms with Crippen molar-refractivity contribution in [2.24, 2.45) is 0 Å². The summed E-state index contributed by atoms with van der Waals surface area (Å²) in [5, 5.41) is 1.02. The highest BCUT2D eigenvalue weighted by molar-refractivity contribution is 5.94. The third-order valence-corrected chi connectivity index (χ3v) is 3.55. The minimum Gasteiger partial charge on any atom is -0.493 e. The van der Waals surface area contributed by atoms with E-state index in [4.69, 9.17) is 9.47 Å². The molecule has 1 heterocycles. The Morgan fingerprint density at radius 3 is 2.75 bits per heavy atom. The van der Waals surface area contributed by atoms with Gasteiger partial charge in [0.2, 0.25) is 0 Å². The minimum atomic E-state index is -0.554. The minimum absolute atomic E-state index is 0.204. The lowest BCUT2D eigenvalue weighted by Gasteiger charge is -2.08. The molecule has 0 atom stereocenters. The third kappa shape index (κ3) is 3.20. The number of carbonyl (C=O) groups is 2. The van der Waals surface area contributed by atoms with Crippen LogP contribution in [0.1, 0.15) is 15.9 Å². The Hall–Kier alpha value is -3.34. The van der Waals surface area contributed by atoms with Crippen molar-refractivity contribution < 1.29 is 19.1 Å². The molecule has 0 aliphatic carbocycles. The molecule has 3 aromatic rings. The highest BCUT2D eigenvalue weighted by atomic mass is 16.6. The second-order valence-corrected chi connectivity index (χ2v) is 5.07. The van der Waals surface area contributed by atoms with Gasteiger partial charge in [0.05, 0.1) is 7.11 Å². The summed E-state index contributed by atoms with van der Waals surface area (Å²) in [6, 6.07) is 12.4. The average Bonchev–Trinajstić information content (AvgIpc) is 3.03. The van der Waals surface area contributed by atoms with Crippen LogP contribution < -0.4 is 9.47 Å². The molecule has 0 bridgehead atoms. The van der Waals surface area contributed by atoms with Gasteiger partial charge in [0, 0.05) is 34.3 Å². The maximum Gasteiger partial charge on any atom is 0.336 e. The SMILES string of the molecule is COc1ccc(C=O)cc1OC(=O)C=Cc1c[nH]c2ccccc12. The van der Waals surface area contributed by atoms with E-state index in [1.165, 1.54) is 19.3 Å². The summed E-state index contributed by atoms with van der Waals surface area (Å²) in [6.07, 6.45) is 5.51. The van der Waals surface area contributed by atoms with E-state index in [1.807, 2.05) is 30.5 Å². The summed E-state index contributed by atoms with van der Waals surface area (Å²) in [7, 11) is 1.47. The molecule has 0 unspecified atom stereocenters. The van der Waals surface area contributed by atoms with E-state index >= 15 is 0 Å². The second kappa shape index (κ2) is 6.83. The smallest absolute Gasteiger partial charge is 0.336 e. The molecule has 24 heavy (non-hydrogen) atoms. The van der Waals surface area contributed by atoms with Gasteiger partial charge in [-0.1, -0.05) is 18.2 Å². The molecule has 0 saturated carbocycles. The van der Waals surface area contributed by atoms with Crippen molar-refractivity contribution in [3.8, 4) is 11.5 Å². The maximum absolute atomic E-state index is 12.0. The van der Waals surface area contributed by atoms with Crippen LogP contribution >= 0.6 is 0 Å². The van der Waals surface area contributed by atoms with Crippen LogP contribution in [0.5, 0.6) is 11.5 Å². The van der Waals surface area contributed by atoms with Gasteiger partial charge in [0.25, 0.3) is 0 Å². The van der Waals surface area contributed by atoms with Crippen LogP contribution in [-0.2, 0) is 4.79 Å². The number of aromatic nitrogens is 1. The summed E-state index contributed by atoms with van der Waals surface area (Å²) in [5.41, 5.74) is 2.28. The number of aromatic amines is 1. The summed E-state index contributed by atoms with van der Waals surface area (Å²) in [5.74, 6) is 0.0340. The lowest BCUT2D eigenvalue weighted by molar-refractivity contribution is -0.129. The molecular formula is C19H15NO4. The molecule has 0 spiro atoms. The number of aldehydes is 1. The highest BCUT2D eigenvalue weighted by Crippen LogP contribution is 2.28. The Morgan fingerprint density at radius 1 is 1.12 bits per heavy atom. The Bertz CT molecular complexity index is 924. The molecule has 5 nitrogen and oxygen atoms in total. The van der Waals surface area contributed by atoms with Crippen molar-refractivity contribution >= 4 is 29.2 Å². The quantitative estimate of drug-likeness (QED) is 0.337. The normalized spacial score (nSPS) is 10.9. The van der Waals surface area contributed by atoms with Gasteiger partial charge in [-0.25, -0.2) is 4.79 Å². The monoisotopic (exact) mass is 321 g/mol. The number of nitrogens with one attached hydrogen (secondary N) is 1. The van der Waals surface area contributed by atoms with Crippen LogP contribution in [0.25, 0.3) is 17.0 Å². The summed E-state index contributed by atoms with van der Waals surface area (Å²) in [4.78, 5) is 26.0. The van der Waals surface area contributed by atoms with Crippen LogP contribution in [-0.4, -0.2) is 24.3 Å². The molecule has 120 valence electrons. The van der Waals surface area contributed by atoms with Gasteiger partial charge in [-0.15, -0.1) is 0 Å². The zero-order valence-electron chi connectivity index (χ0n) is 13.0. The van der Waals surface area contributed by atoms with Crippen molar-refractivity contribution in [1.29, 1.82) is 0 Å². The van der Waals surface area contributed by atoms with Gasteiger partial charge >= 0.3 is 5.97 Å². The van der Waals surface area contributed by atoms with Crippen molar-refractivity contribution in [2.45, 2.75) is 0 Å². The van der Waals surface area contributed by atoms with Gasteiger partial charge in [-0.05, 0) is 30.3 Å². The van der Waals surface area contributed by atoms with E-state index in [2.05, 4.69) is 4.98 Å². The number of esters is 1. The molecule has 0 radical (unpaired) electrons. The van der Waals surface area contributed by atoms with Gasteiger partial charge in [-0.3, -0.25) is 4.79 Å². The fraction of sp³-hybridized carbons (Fsp3) is 0.0526. The van der Waals surface area contributed by atoms with E-state index in [0.717, 1.165) is 16.5 Å². The van der Waals surface area contributed by atoms with E-state index in [9.17, 15) is 9.59 Å². The summed E-state index contributed by atoms with van der Waals surface area (Å²) in [6.45, 7) is 0. The fourth-order valence-corrected chi connectivity index (χ4v) is 2.38. The first kappa shape index (κ1) is 15.6. The zero-order valence-corrected chi connectivity index (χ0v) is 13.0. The van der Waals surface area contributed by atoms with E-state index in [1.54, 1.807) is 18.2 Å². The number of ether oxygens (including phenoxy) is 2. The number of para-hydroxylation sites is 1. The first-order valence-corrected chi connectivity index (χ1v) is 7.30. The van der Waals surface area contributed by atoms with E-state index in [0.29, 0.717) is 17.6 Å². The van der Waals surface area contributed by atoms with E-state index in [-0.39, 0.29) is 5.75 Å². The number of benzene rings is 2. The summed E-state index contributed by atoms with van der Waals surface area (Å²) < 4.78 is 10.4. The Morgan fingerprint density at radius 2 is 1.96 bits per heavy atom. The van der Waals surface area contributed by atoms with Crippen molar-refractivity contribution in [3.05, 3.63) is 65.9 Å². The average molecular weight is 321 g/mol. The van der Waals surface area contributed by atoms with Crippen molar-refractivity contribution in [1.82, 2.24) is 4.98 Å². The molecule has 0 aliphatic rings. The number of methoxy groups -OCH3 is 1. The maximum atomic E-state index is 12.0. The number of hydrogen-bond acceptors (Lipinski definition) is 4. The molecule has 1 aromatic heterocycles. The highest BCUT2D eigenvalue weighted by Gasteiger charge is 2.09. The standard InChI is InChI=1S/C19H15NO4/c1-23-17-8-6-13(12-21)10-18(17)24-19(22)9-7-14-11-20-16-5-3-2-4-15(14)16/h2-12,20H,1H3. The first-order chi connectivity index (χ1) is 11.7. The van der Waals surface area contributed by atoms with Crippen LogP contribution in [0.2, 0.25) is 0 Å². The third-order valence-electron chi connectivity index (χ3n) is 3.55. The number of fused-ring (bicyclic) bond motifs is 1. The fourth-order valence-electron chi connectivity index (χ4n) is 2.38. The van der Waals surface area contributed by atoms with Crippen molar-refractivity contribution in [3.63, 3.8) is 0 Å². The first-order valence-electron chi connectivity index (χ1n) is 7.30. The van der Waals surface area contributed by atoms with Crippen LogP contribution in [0.15, 0.2) is 54.7 Å². The molecule has 3 rings (SSSR count). The largest absolute Gasteiger partial charge is 0.493 e. The van der Waals surface area contributed by atoms with Crippen LogP contribution in [0, 0.1) is 0 Å².